The molecule has 1 fully saturated rings. The van der Waals surface area contributed by atoms with Crippen LogP contribution in [-0.2, 0) is 4.79 Å². The molecule has 2 rings (SSSR count). The fourth-order valence-corrected chi connectivity index (χ4v) is 3.37. The number of piperidine rings is 1. The first-order valence-corrected chi connectivity index (χ1v) is 7.71. The third-order valence-electron chi connectivity index (χ3n) is 3.32. The molecule has 1 saturated heterocycles. The predicted molar refractivity (Wildman–Crippen MR) is 79.2 cm³/mol. The van der Waals surface area contributed by atoms with Gasteiger partial charge in [0.15, 0.2) is 0 Å². The van der Waals surface area contributed by atoms with E-state index in [2.05, 4.69) is 17.1 Å². The van der Waals surface area contributed by atoms with Crippen LogP contribution in [0.15, 0.2) is 29.4 Å². The predicted octanol–water partition coefficient (Wildman–Crippen LogP) is 3.21. The normalized spacial score (nSPS) is 17.5. The van der Waals surface area contributed by atoms with E-state index in [4.69, 9.17) is 0 Å². The fourth-order valence-electron chi connectivity index (χ4n) is 2.26. The van der Waals surface area contributed by atoms with Gasteiger partial charge in [0, 0.05) is 41.0 Å². The monoisotopic (exact) mass is 278 g/mol. The molecule has 0 aliphatic carbocycles. The lowest BCUT2D eigenvalue weighted by Crippen LogP contribution is -2.44. The smallest absolute Gasteiger partial charge is 0.227 e. The third-order valence-corrected chi connectivity index (χ3v) is 4.67. The highest BCUT2D eigenvalue weighted by Crippen LogP contribution is 2.31. The fraction of sp³-hybridized carbons (Fsp3) is 0.600. The molecule has 1 aromatic rings. The molecule has 1 amide bonds. The van der Waals surface area contributed by atoms with Crippen LogP contribution in [0.2, 0.25) is 0 Å². The zero-order valence-electron chi connectivity index (χ0n) is 11.9. The Morgan fingerprint density at radius 2 is 1.84 bits per heavy atom. The van der Waals surface area contributed by atoms with Gasteiger partial charge in [-0.2, -0.15) is 0 Å². The van der Waals surface area contributed by atoms with Gasteiger partial charge < -0.3 is 4.90 Å². The van der Waals surface area contributed by atoms with Gasteiger partial charge in [-0.25, -0.2) is 0 Å². The number of nitrogens with zero attached hydrogens (tertiary/aromatic N) is 2. The summed E-state index contributed by atoms with van der Waals surface area (Å²) in [6.07, 6.45) is 5.82. The number of aromatic nitrogens is 1. The summed E-state index contributed by atoms with van der Waals surface area (Å²) in [7, 11) is 0. The summed E-state index contributed by atoms with van der Waals surface area (Å²) in [5.41, 5.74) is -0.259. The number of rotatable bonds is 2. The van der Waals surface area contributed by atoms with Crippen molar-refractivity contribution in [3.05, 3.63) is 24.5 Å². The lowest BCUT2D eigenvalue weighted by Gasteiger charge is -2.35. The average molecular weight is 278 g/mol. The molecule has 0 radical (unpaired) electrons. The van der Waals surface area contributed by atoms with Crippen LogP contribution >= 0.6 is 11.8 Å². The third kappa shape index (κ3) is 3.96. The second-order valence-electron chi connectivity index (χ2n) is 6.04. The molecule has 104 valence electrons. The topological polar surface area (TPSA) is 33.2 Å². The summed E-state index contributed by atoms with van der Waals surface area (Å²) in [5.74, 6) is 0.278. The zero-order valence-corrected chi connectivity index (χ0v) is 12.7. The molecule has 1 aromatic heterocycles. The van der Waals surface area contributed by atoms with E-state index in [9.17, 15) is 4.79 Å². The van der Waals surface area contributed by atoms with Crippen LogP contribution in [0.4, 0.5) is 0 Å². The van der Waals surface area contributed by atoms with Gasteiger partial charge in [-0.1, -0.05) is 20.8 Å². The minimum atomic E-state index is -0.259. The number of carbonyl (C=O) groups excluding carboxylic acids is 1. The van der Waals surface area contributed by atoms with Crippen molar-refractivity contribution >= 4 is 17.7 Å². The van der Waals surface area contributed by atoms with E-state index in [0.29, 0.717) is 5.25 Å². The van der Waals surface area contributed by atoms with Crippen molar-refractivity contribution in [2.45, 2.75) is 43.8 Å². The standard InChI is InChI=1S/C15H22N2OS/c1-15(2,3)14(18)17-10-6-13(7-11-17)19-12-4-8-16-9-5-12/h4-5,8-9,13H,6-7,10-11H2,1-3H3. The van der Waals surface area contributed by atoms with E-state index in [1.54, 1.807) is 0 Å². The van der Waals surface area contributed by atoms with Crippen molar-refractivity contribution in [1.82, 2.24) is 9.88 Å². The highest BCUT2D eigenvalue weighted by atomic mass is 32.2. The highest BCUT2D eigenvalue weighted by molar-refractivity contribution is 8.00. The van der Waals surface area contributed by atoms with Gasteiger partial charge in [0.05, 0.1) is 0 Å². The summed E-state index contributed by atoms with van der Waals surface area (Å²) in [6, 6.07) is 4.11. The van der Waals surface area contributed by atoms with E-state index in [1.807, 2.05) is 49.8 Å². The SMILES string of the molecule is CC(C)(C)C(=O)N1CCC(Sc2ccncc2)CC1. The van der Waals surface area contributed by atoms with Crippen molar-refractivity contribution in [2.24, 2.45) is 5.41 Å². The molecule has 2 heterocycles. The van der Waals surface area contributed by atoms with Gasteiger partial charge in [-0.3, -0.25) is 9.78 Å². The Hall–Kier alpha value is -1.03. The van der Waals surface area contributed by atoms with E-state index in [0.717, 1.165) is 25.9 Å². The maximum absolute atomic E-state index is 12.2. The molecule has 0 saturated carbocycles. The van der Waals surface area contributed by atoms with E-state index >= 15 is 0 Å². The second kappa shape index (κ2) is 5.95. The number of likely N-dealkylation sites (tertiary alicyclic amines) is 1. The van der Waals surface area contributed by atoms with Gasteiger partial charge in [-0.05, 0) is 25.0 Å². The number of amides is 1. The maximum atomic E-state index is 12.2. The van der Waals surface area contributed by atoms with Crippen molar-refractivity contribution in [2.75, 3.05) is 13.1 Å². The van der Waals surface area contributed by atoms with E-state index in [1.165, 1.54) is 4.90 Å². The Balaban J connectivity index is 1.85. The maximum Gasteiger partial charge on any atom is 0.227 e. The van der Waals surface area contributed by atoms with Crippen molar-refractivity contribution in [1.29, 1.82) is 0 Å². The Morgan fingerprint density at radius 1 is 1.26 bits per heavy atom. The minimum Gasteiger partial charge on any atom is -0.342 e. The molecule has 1 aliphatic rings. The number of thioether (sulfide) groups is 1. The molecule has 4 heteroatoms. The molecule has 0 aromatic carbocycles. The first kappa shape index (κ1) is 14.4. The van der Waals surface area contributed by atoms with Gasteiger partial charge >= 0.3 is 0 Å². The van der Waals surface area contributed by atoms with Crippen LogP contribution in [0.3, 0.4) is 0 Å². The largest absolute Gasteiger partial charge is 0.342 e. The van der Waals surface area contributed by atoms with Crippen LogP contribution < -0.4 is 0 Å². The van der Waals surface area contributed by atoms with E-state index in [-0.39, 0.29) is 11.3 Å². The Labute approximate surface area is 119 Å². The Morgan fingerprint density at radius 3 is 2.37 bits per heavy atom. The van der Waals surface area contributed by atoms with Crippen LogP contribution in [0, 0.1) is 5.41 Å². The van der Waals surface area contributed by atoms with Gasteiger partial charge in [0.2, 0.25) is 5.91 Å². The molecule has 0 unspecified atom stereocenters. The lowest BCUT2D eigenvalue weighted by molar-refractivity contribution is -0.140. The second-order valence-corrected chi connectivity index (χ2v) is 7.42. The zero-order chi connectivity index (χ0) is 13.9. The Bertz CT molecular complexity index is 420. The minimum absolute atomic E-state index is 0.259. The molecule has 1 aliphatic heterocycles. The molecule has 0 spiro atoms. The summed E-state index contributed by atoms with van der Waals surface area (Å²) >= 11 is 1.91. The van der Waals surface area contributed by atoms with E-state index < -0.39 is 0 Å². The van der Waals surface area contributed by atoms with Crippen LogP contribution in [0.25, 0.3) is 0 Å². The summed E-state index contributed by atoms with van der Waals surface area (Å²) in [5, 5.41) is 0.617. The van der Waals surface area contributed by atoms with Crippen LogP contribution in [-0.4, -0.2) is 34.1 Å². The summed E-state index contributed by atoms with van der Waals surface area (Å²) < 4.78 is 0. The molecule has 0 N–H and O–H groups in total. The molecular weight excluding hydrogens is 256 g/mol. The van der Waals surface area contributed by atoms with Crippen LogP contribution in [0.1, 0.15) is 33.6 Å². The lowest BCUT2D eigenvalue weighted by atomic mass is 9.93. The Kier molecular flexibility index (Phi) is 4.50. The average Bonchev–Trinajstić information content (AvgIpc) is 2.39. The number of hydrogen-bond donors (Lipinski definition) is 0. The first-order chi connectivity index (χ1) is 8.97. The highest BCUT2D eigenvalue weighted by Gasteiger charge is 2.30. The number of hydrogen-bond acceptors (Lipinski definition) is 3. The van der Waals surface area contributed by atoms with Gasteiger partial charge in [0.25, 0.3) is 0 Å². The van der Waals surface area contributed by atoms with Crippen molar-refractivity contribution in [3.63, 3.8) is 0 Å². The van der Waals surface area contributed by atoms with Gasteiger partial charge in [-0.15, -0.1) is 11.8 Å². The molecular formula is C15H22N2OS. The quantitative estimate of drug-likeness (QED) is 0.833. The van der Waals surface area contributed by atoms with Crippen molar-refractivity contribution < 1.29 is 4.79 Å². The first-order valence-electron chi connectivity index (χ1n) is 6.83. The molecule has 19 heavy (non-hydrogen) atoms. The van der Waals surface area contributed by atoms with Crippen molar-refractivity contribution in [3.8, 4) is 0 Å². The molecule has 0 atom stereocenters. The number of pyridine rings is 1. The summed E-state index contributed by atoms with van der Waals surface area (Å²) in [6.45, 7) is 7.76. The molecule has 3 nitrogen and oxygen atoms in total. The van der Waals surface area contributed by atoms with Crippen LogP contribution in [0.5, 0.6) is 0 Å². The molecule has 0 bridgehead atoms. The summed E-state index contributed by atoms with van der Waals surface area (Å²) in [4.78, 5) is 19.5. The van der Waals surface area contributed by atoms with Gasteiger partial charge in [0.1, 0.15) is 0 Å². The number of carbonyl (C=O) groups is 1.